The number of likely N-dealkylation sites (tertiary alicyclic amines) is 1. The minimum Gasteiger partial charge on any atom is -0.394 e. The second-order valence-electron chi connectivity index (χ2n) is 5.53. The highest BCUT2D eigenvalue weighted by molar-refractivity contribution is 5.24. The van der Waals surface area contributed by atoms with Crippen LogP contribution in [0.5, 0.6) is 0 Å². The third-order valence-electron chi connectivity index (χ3n) is 4.16. The van der Waals surface area contributed by atoms with Crippen LogP contribution < -0.4 is 0 Å². The van der Waals surface area contributed by atoms with Crippen LogP contribution in [0, 0.1) is 13.8 Å². The van der Waals surface area contributed by atoms with Crippen LogP contribution in [-0.4, -0.2) is 52.2 Å². The monoisotopic (exact) mass is 281 g/mol. The van der Waals surface area contributed by atoms with E-state index in [1.54, 1.807) is 0 Å². The Labute approximate surface area is 121 Å². The number of nitrogens with zero attached hydrogens (tertiary/aromatic N) is 3. The highest BCUT2D eigenvalue weighted by Gasteiger charge is 2.21. The molecule has 0 saturated carbocycles. The number of aliphatic hydroxyl groups excluding tert-OH is 1. The largest absolute Gasteiger partial charge is 0.394 e. The fourth-order valence-electron chi connectivity index (χ4n) is 2.97. The van der Waals surface area contributed by atoms with Gasteiger partial charge in [-0.15, -0.1) is 0 Å². The molecular weight excluding hydrogens is 254 g/mol. The first-order valence-electron chi connectivity index (χ1n) is 7.63. The van der Waals surface area contributed by atoms with E-state index in [0.717, 1.165) is 44.8 Å². The summed E-state index contributed by atoms with van der Waals surface area (Å²) in [7, 11) is 0. The lowest BCUT2D eigenvalue weighted by atomic mass is 10.1. The number of hydrogen-bond acceptors (Lipinski definition) is 4. The zero-order valence-corrected chi connectivity index (χ0v) is 12.9. The fraction of sp³-hybridized carbons (Fsp3) is 0.800. The van der Waals surface area contributed by atoms with Gasteiger partial charge >= 0.3 is 0 Å². The van der Waals surface area contributed by atoms with Crippen LogP contribution in [0.1, 0.15) is 36.7 Å². The van der Waals surface area contributed by atoms with Crippen molar-refractivity contribution in [2.24, 2.45) is 0 Å². The van der Waals surface area contributed by atoms with E-state index in [4.69, 9.17) is 9.84 Å². The van der Waals surface area contributed by atoms with Gasteiger partial charge < -0.3 is 9.84 Å². The van der Waals surface area contributed by atoms with Crippen LogP contribution in [0.25, 0.3) is 0 Å². The lowest BCUT2D eigenvalue weighted by molar-refractivity contribution is 0.0124. The third kappa shape index (κ3) is 3.59. The van der Waals surface area contributed by atoms with Gasteiger partial charge in [0.15, 0.2) is 0 Å². The Morgan fingerprint density at radius 1 is 1.30 bits per heavy atom. The van der Waals surface area contributed by atoms with Crippen molar-refractivity contribution >= 4 is 0 Å². The Balaban J connectivity index is 1.94. The van der Waals surface area contributed by atoms with Crippen LogP contribution >= 0.6 is 0 Å². The van der Waals surface area contributed by atoms with Gasteiger partial charge in [-0.25, -0.2) is 0 Å². The summed E-state index contributed by atoms with van der Waals surface area (Å²) in [6.45, 7) is 10.9. The molecule has 0 unspecified atom stereocenters. The lowest BCUT2D eigenvalue weighted by Gasteiger charge is -2.31. The van der Waals surface area contributed by atoms with Gasteiger partial charge in [0, 0.05) is 37.5 Å². The molecule has 0 amide bonds. The first-order valence-corrected chi connectivity index (χ1v) is 7.63. The van der Waals surface area contributed by atoms with E-state index >= 15 is 0 Å². The molecule has 1 saturated heterocycles. The quantitative estimate of drug-likeness (QED) is 0.858. The van der Waals surface area contributed by atoms with Crippen LogP contribution in [0.4, 0.5) is 0 Å². The summed E-state index contributed by atoms with van der Waals surface area (Å²) < 4.78 is 7.61. The molecule has 5 heteroatoms. The van der Waals surface area contributed by atoms with Crippen LogP contribution in [0.15, 0.2) is 0 Å². The van der Waals surface area contributed by atoms with Gasteiger partial charge in [0.2, 0.25) is 0 Å². The average molecular weight is 281 g/mol. The van der Waals surface area contributed by atoms with Crippen LogP contribution in [0.3, 0.4) is 0 Å². The predicted octanol–water partition coefficient (Wildman–Crippen LogP) is 1.49. The SMILES string of the molecule is CCOC1CCN(Cc2c(C)nn(CCO)c2C)CC1. The van der Waals surface area contributed by atoms with E-state index in [2.05, 4.69) is 30.8 Å². The molecule has 1 aromatic heterocycles. The molecule has 114 valence electrons. The van der Waals surface area contributed by atoms with Crippen molar-refractivity contribution in [2.75, 3.05) is 26.3 Å². The minimum absolute atomic E-state index is 0.140. The number of piperidine rings is 1. The van der Waals surface area contributed by atoms with Gasteiger partial charge in [0.25, 0.3) is 0 Å². The third-order valence-corrected chi connectivity index (χ3v) is 4.16. The Morgan fingerprint density at radius 3 is 2.60 bits per heavy atom. The second kappa shape index (κ2) is 7.20. The first kappa shape index (κ1) is 15.5. The maximum atomic E-state index is 9.06. The Kier molecular flexibility index (Phi) is 5.57. The smallest absolute Gasteiger partial charge is 0.0644 e. The highest BCUT2D eigenvalue weighted by atomic mass is 16.5. The molecule has 1 aromatic rings. The molecule has 0 radical (unpaired) electrons. The lowest BCUT2D eigenvalue weighted by Crippen LogP contribution is -2.36. The number of hydrogen-bond donors (Lipinski definition) is 1. The summed E-state index contributed by atoms with van der Waals surface area (Å²) in [5, 5.41) is 13.6. The van der Waals surface area contributed by atoms with Crippen molar-refractivity contribution in [3.8, 4) is 0 Å². The normalized spacial score (nSPS) is 17.8. The Hall–Kier alpha value is -0.910. The molecule has 1 aliphatic heterocycles. The maximum absolute atomic E-state index is 9.06. The fourth-order valence-corrected chi connectivity index (χ4v) is 2.97. The van der Waals surface area contributed by atoms with Crippen molar-refractivity contribution < 1.29 is 9.84 Å². The van der Waals surface area contributed by atoms with Crippen LogP contribution in [-0.2, 0) is 17.8 Å². The molecule has 1 aliphatic rings. The summed E-state index contributed by atoms with van der Waals surface area (Å²) in [6, 6.07) is 0. The number of aromatic nitrogens is 2. The van der Waals surface area contributed by atoms with Crippen molar-refractivity contribution in [2.45, 2.75) is 52.8 Å². The van der Waals surface area contributed by atoms with Gasteiger partial charge in [-0.1, -0.05) is 0 Å². The molecule has 0 aliphatic carbocycles. The molecule has 0 bridgehead atoms. The van der Waals surface area contributed by atoms with Gasteiger partial charge in [-0.2, -0.15) is 5.10 Å². The highest BCUT2D eigenvalue weighted by Crippen LogP contribution is 2.20. The molecule has 1 N–H and O–H groups in total. The maximum Gasteiger partial charge on any atom is 0.0644 e. The van der Waals surface area contributed by atoms with Crippen molar-refractivity contribution in [3.63, 3.8) is 0 Å². The summed E-state index contributed by atoms with van der Waals surface area (Å²) in [4.78, 5) is 2.48. The molecule has 0 spiro atoms. The van der Waals surface area contributed by atoms with Gasteiger partial charge in [0.1, 0.15) is 0 Å². The summed E-state index contributed by atoms with van der Waals surface area (Å²) >= 11 is 0. The van der Waals surface area contributed by atoms with Crippen molar-refractivity contribution in [3.05, 3.63) is 17.0 Å². The summed E-state index contributed by atoms with van der Waals surface area (Å²) in [5.41, 5.74) is 3.58. The van der Waals surface area contributed by atoms with E-state index in [1.165, 1.54) is 11.3 Å². The molecule has 0 aromatic carbocycles. The minimum atomic E-state index is 0.140. The Morgan fingerprint density at radius 2 is 2.00 bits per heavy atom. The first-order chi connectivity index (χ1) is 9.65. The molecule has 0 atom stereocenters. The average Bonchev–Trinajstić information content (AvgIpc) is 2.69. The van der Waals surface area contributed by atoms with Gasteiger partial charge in [-0.05, 0) is 33.6 Å². The number of aryl methyl sites for hydroxylation is 1. The molecule has 1 fully saturated rings. The Bertz CT molecular complexity index is 423. The molecule has 2 heterocycles. The second-order valence-corrected chi connectivity index (χ2v) is 5.53. The topological polar surface area (TPSA) is 50.5 Å². The molecule has 5 nitrogen and oxygen atoms in total. The van der Waals surface area contributed by atoms with E-state index in [9.17, 15) is 0 Å². The number of ether oxygens (including phenoxy) is 1. The zero-order chi connectivity index (χ0) is 14.5. The predicted molar refractivity (Wildman–Crippen MR) is 78.7 cm³/mol. The standard InChI is InChI=1S/C15H27N3O2/c1-4-20-14-5-7-17(8-6-14)11-15-12(2)16-18(9-10-19)13(15)3/h14,19H,4-11H2,1-3H3. The van der Waals surface area contributed by atoms with Gasteiger partial charge in [-0.3, -0.25) is 9.58 Å². The van der Waals surface area contributed by atoms with Gasteiger partial charge in [0.05, 0.1) is 24.9 Å². The van der Waals surface area contributed by atoms with E-state index < -0.39 is 0 Å². The molecule has 2 rings (SSSR count). The molecular formula is C15H27N3O2. The van der Waals surface area contributed by atoms with Crippen molar-refractivity contribution in [1.82, 2.24) is 14.7 Å². The van der Waals surface area contributed by atoms with E-state index in [0.29, 0.717) is 12.6 Å². The number of rotatable bonds is 6. The zero-order valence-electron chi connectivity index (χ0n) is 12.9. The van der Waals surface area contributed by atoms with Crippen molar-refractivity contribution in [1.29, 1.82) is 0 Å². The van der Waals surface area contributed by atoms with E-state index in [1.807, 2.05) is 4.68 Å². The molecule has 20 heavy (non-hydrogen) atoms. The summed E-state index contributed by atoms with van der Waals surface area (Å²) in [5.74, 6) is 0. The van der Waals surface area contributed by atoms with E-state index in [-0.39, 0.29) is 6.61 Å². The summed E-state index contributed by atoms with van der Waals surface area (Å²) in [6.07, 6.45) is 2.68. The van der Waals surface area contributed by atoms with Crippen LogP contribution in [0.2, 0.25) is 0 Å². The number of aliphatic hydroxyl groups is 1.